The highest BCUT2D eigenvalue weighted by Gasteiger charge is 2.19. The van der Waals surface area contributed by atoms with Crippen LogP contribution in [0.25, 0.3) is 0 Å². The highest BCUT2D eigenvalue weighted by Crippen LogP contribution is 2.14. The van der Waals surface area contributed by atoms with E-state index < -0.39 is 0 Å². The molecular weight excluding hydrogens is 320 g/mol. The van der Waals surface area contributed by atoms with Crippen LogP contribution in [0.2, 0.25) is 0 Å². The van der Waals surface area contributed by atoms with Gasteiger partial charge in [-0.1, -0.05) is 0 Å². The zero-order valence-electron chi connectivity index (χ0n) is 14.9. The highest BCUT2D eigenvalue weighted by molar-refractivity contribution is 5.79. The van der Waals surface area contributed by atoms with Gasteiger partial charge in [-0.2, -0.15) is 10.2 Å². The van der Waals surface area contributed by atoms with Gasteiger partial charge in [0.2, 0.25) is 11.8 Å². The minimum Gasteiger partial charge on any atom is -0.349 e. The number of hydrogen-bond acceptors (Lipinski definition) is 4. The van der Waals surface area contributed by atoms with Gasteiger partial charge in [0.05, 0.1) is 30.7 Å². The summed E-state index contributed by atoms with van der Waals surface area (Å²) in [5.41, 5.74) is 2.83. The van der Waals surface area contributed by atoms with Gasteiger partial charge in [0.25, 0.3) is 0 Å². The average Bonchev–Trinajstić information content (AvgIpc) is 3.12. The van der Waals surface area contributed by atoms with Crippen molar-refractivity contribution >= 4 is 11.8 Å². The van der Waals surface area contributed by atoms with E-state index in [1.54, 1.807) is 17.8 Å². The van der Waals surface area contributed by atoms with Crippen molar-refractivity contribution in [2.45, 2.75) is 52.9 Å². The molecule has 1 atom stereocenters. The van der Waals surface area contributed by atoms with Crippen LogP contribution in [0, 0.1) is 6.92 Å². The number of nitrogens with one attached hydrogen (secondary N) is 1. The molecule has 1 N–H and O–H groups in total. The number of fused-ring (bicyclic) bond motifs is 1. The van der Waals surface area contributed by atoms with Crippen molar-refractivity contribution in [1.82, 2.24) is 29.8 Å². The van der Waals surface area contributed by atoms with Crippen molar-refractivity contribution < 1.29 is 9.59 Å². The van der Waals surface area contributed by atoms with Gasteiger partial charge in [-0.05, 0) is 31.9 Å². The minimum absolute atomic E-state index is 0.0767. The van der Waals surface area contributed by atoms with Gasteiger partial charge in [0.1, 0.15) is 6.04 Å². The van der Waals surface area contributed by atoms with E-state index in [2.05, 4.69) is 15.5 Å². The van der Waals surface area contributed by atoms with Crippen LogP contribution in [0.15, 0.2) is 18.5 Å². The van der Waals surface area contributed by atoms with Crippen LogP contribution in [0.1, 0.15) is 43.3 Å². The van der Waals surface area contributed by atoms with E-state index >= 15 is 0 Å². The molecule has 0 saturated heterocycles. The topological polar surface area (TPSA) is 85.0 Å². The lowest BCUT2D eigenvalue weighted by atomic mass is 10.3. The number of hydrogen-bond donors (Lipinski definition) is 1. The SMILES string of the molecule is CC(=O)N1CCCn2nc(CNC(=O)[C@H](C)n3cc(C)cn3)cc2C1. The zero-order valence-corrected chi connectivity index (χ0v) is 14.9. The van der Waals surface area contributed by atoms with Crippen LogP contribution in [-0.2, 0) is 29.2 Å². The van der Waals surface area contributed by atoms with Crippen LogP contribution in [0.5, 0.6) is 0 Å². The molecule has 0 bridgehead atoms. The monoisotopic (exact) mass is 344 g/mol. The third kappa shape index (κ3) is 3.89. The lowest BCUT2D eigenvalue weighted by Gasteiger charge is -2.17. The average molecular weight is 344 g/mol. The van der Waals surface area contributed by atoms with Gasteiger partial charge in [-0.15, -0.1) is 0 Å². The third-order valence-electron chi connectivity index (χ3n) is 4.46. The maximum absolute atomic E-state index is 12.3. The molecule has 2 amide bonds. The van der Waals surface area contributed by atoms with Crippen LogP contribution in [-0.4, -0.2) is 42.8 Å². The summed E-state index contributed by atoms with van der Waals surface area (Å²) in [5, 5.41) is 11.6. The maximum atomic E-state index is 12.3. The molecule has 3 heterocycles. The number of aryl methyl sites for hydroxylation is 2. The van der Waals surface area contributed by atoms with Gasteiger partial charge in [-0.25, -0.2) is 0 Å². The second-order valence-corrected chi connectivity index (χ2v) is 6.54. The van der Waals surface area contributed by atoms with E-state index in [9.17, 15) is 9.59 Å². The molecule has 8 heteroatoms. The first kappa shape index (κ1) is 17.2. The normalized spacial score (nSPS) is 15.4. The lowest BCUT2D eigenvalue weighted by Crippen LogP contribution is -2.31. The summed E-state index contributed by atoms with van der Waals surface area (Å²) >= 11 is 0. The third-order valence-corrected chi connectivity index (χ3v) is 4.46. The molecule has 0 unspecified atom stereocenters. The molecule has 8 nitrogen and oxygen atoms in total. The lowest BCUT2D eigenvalue weighted by molar-refractivity contribution is -0.129. The Balaban J connectivity index is 1.61. The molecule has 0 radical (unpaired) electrons. The van der Waals surface area contributed by atoms with Gasteiger partial charge in [-0.3, -0.25) is 19.0 Å². The molecule has 0 aromatic carbocycles. The van der Waals surface area contributed by atoms with Crippen LogP contribution < -0.4 is 5.32 Å². The number of carbonyl (C=O) groups excluding carboxylic acids is 2. The Kier molecular flexibility index (Phi) is 4.87. The summed E-state index contributed by atoms with van der Waals surface area (Å²) in [6.45, 7) is 7.82. The second kappa shape index (κ2) is 7.08. The molecular formula is C17H24N6O2. The Morgan fingerprint density at radius 2 is 2.16 bits per heavy atom. The summed E-state index contributed by atoms with van der Waals surface area (Å²) in [4.78, 5) is 25.8. The Morgan fingerprint density at radius 1 is 1.36 bits per heavy atom. The van der Waals surface area contributed by atoms with E-state index in [-0.39, 0.29) is 17.9 Å². The van der Waals surface area contributed by atoms with Crippen molar-refractivity contribution in [2.24, 2.45) is 0 Å². The van der Waals surface area contributed by atoms with E-state index in [4.69, 9.17) is 0 Å². The highest BCUT2D eigenvalue weighted by atomic mass is 16.2. The first-order valence-electron chi connectivity index (χ1n) is 8.53. The molecule has 3 rings (SSSR count). The Labute approximate surface area is 146 Å². The zero-order chi connectivity index (χ0) is 18.0. The maximum Gasteiger partial charge on any atom is 0.244 e. The largest absolute Gasteiger partial charge is 0.349 e. The predicted octanol–water partition coefficient (Wildman–Crippen LogP) is 1.02. The summed E-state index contributed by atoms with van der Waals surface area (Å²) in [6.07, 6.45) is 4.46. The number of amides is 2. The first-order chi connectivity index (χ1) is 11.9. The molecule has 25 heavy (non-hydrogen) atoms. The van der Waals surface area contributed by atoms with Gasteiger partial charge < -0.3 is 10.2 Å². The van der Waals surface area contributed by atoms with Crippen LogP contribution in [0.4, 0.5) is 0 Å². The quantitative estimate of drug-likeness (QED) is 0.897. The van der Waals surface area contributed by atoms with Crippen molar-refractivity contribution in [2.75, 3.05) is 6.54 Å². The van der Waals surface area contributed by atoms with Crippen molar-refractivity contribution in [3.05, 3.63) is 35.4 Å². The van der Waals surface area contributed by atoms with Gasteiger partial charge in [0.15, 0.2) is 0 Å². The molecule has 0 spiro atoms. The number of aromatic nitrogens is 4. The van der Waals surface area contributed by atoms with E-state index in [0.29, 0.717) is 13.1 Å². The van der Waals surface area contributed by atoms with E-state index in [0.717, 1.165) is 36.5 Å². The second-order valence-electron chi connectivity index (χ2n) is 6.54. The fourth-order valence-electron chi connectivity index (χ4n) is 2.97. The molecule has 0 aliphatic carbocycles. The summed E-state index contributed by atoms with van der Waals surface area (Å²) in [7, 11) is 0. The summed E-state index contributed by atoms with van der Waals surface area (Å²) in [5.74, 6) is -0.0236. The molecule has 2 aromatic rings. The fraction of sp³-hybridized carbons (Fsp3) is 0.529. The predicted molar refractivity (Wildman–Crippen MR) is 91.5 cm³/mol. The van der Waals surface area contributed by atoms with Crippen LogP contribution >= 0.6 is 0 Å². The molecule has 1 aliphatic rings. The van der Waals surface area contributed by atoms with E-state index in [1.807, 2.05) is 35.7 Å². The van der Waals surface area contributed by atoms with Gasteiger partial charge >= 0.3 is 0 Å². The number of rotatable bonds is 4. The minimum atomic E-state index is -0.373. The van der Waals surface area contributed by atoms with Crippen molar-refractivity contribution in [3.63, 3.8) is 0 Å². The summed E-state index contributed by atoms with van der Waals surface area (Å²) in [6, 6.07) is 1.59. The molecule has 0 saturated carbocycles. The first-order valence-corrected chi connectivity index (χ1v) is 8.53. The van der Waals surface area contributed by atoms with Crippen molar-refractivity contribution in [3.8, 4) is 0 Å². The van der Waals surface area contributed by atoms with Crippen LogP contribution in [0.3, 0.4) is 0 Å². The smallest absolute Gasteiger partial charge is 0.244 e. The number of carbonyl (C=O) groups is 2. The van der Waals surface area contributed by atoms with E-state index in [1.165, 1.54) is 0 Å². The number of nitrogens with zero attached hydrogens (tertiary/aromatic N) is 5. The molecule has 1 aliphatic heterocycles. The fourth-order valence-corrected chi connectivity index (χ4v) is 2.97. The Hall–Kier alpha value is -2.64. The Morgan fingerprint density at radius 3 is 2.84 bits per heavy atom. The molecule has 0 fully saturated rings. The molecule has 2 aromatic heterocycles. The van der Waals surface area contributed by atoms with Gasteiger partial charge in [0, 0.05) is 26.2 Å². The van der Waals surface area contributed by atoms with Crippen molar-refractivity contribution in [1.29, 1.82) is 0 Å². The standard InChI is InChI=1S/C17H24N6O2/c1-12-8-19-23(10-12)13(2)17(25)18-9-15-7-16-11-21(14(3)24)5-4-6-22(16)20-15/h7-8,10,13H,4-6,9,11H2,1-3H3,(H,18,25)/t13-/m0/s1. The summed E-state index contributed by atoms with van der Waals surface area (Å²) < 4.78 is 3.59. The Bertz CT molecular complexity index is 778. The molecule has 134 valence electrons.